The molecule has 1 fully saturated rings. The second-order valence-corrected chi connectivity index (χ2v) is 7.80. The minimum atomic E-state index is -0.273. The van der Waals surface area contributed by atoms with E-state index < -0.39 is 0 Å². The van der Waals surface area contributed by atoms with Crippen LogP contribution in [0.2, 0.25) is 0 Å². The number of aromatic hydroxyl groups is 1. The molecule has 1 heterocycles. The normalized spacial score (nSPS) is 24.4. The Morgan fingerprint density at radius 3 is 2.56 bits per heavy atom. The molecule has 1 aliphatic heterocycles. The molecule has 4 heteroatoms. The first-order valence-corrected chi connectivity index (χ1v) is 8.68. The molecule has 2 aromatic carbocycles. The number of fused-ring (bicyclic) bond motifs is 2. The lowest BCUT2D eigenvalue weighted by Crippen LogP contribution is -2.42. The lowest BCUT2D eigenvalue weighted by Gasteiger charge is -2.37. The zero-order valence-corrected chi connectivity index (χ0v) is 14.5. The number of hydrogen-bond acceptors (Lipinski definition) is 4. The van der Waals surface area contributed by atoms with Gasteiger partial charge < -0.3 is 10.4 Å². The summed E-state index contributed by atoms with van der Waals surface area (Å²) in [5.74, 6) is 0.182. The van der Waals surface area contributed by atoms with Crippen molar-refractivity contribution in [3.05, 3.63) is 54.1 Å². The zero-order valence-electron chi connectivity index (χ0n) is 14.5. The second kappa shape index (κ2) is 5.73. The Balaban J connectivity index is 1.86. The molecule has 2 N–H and O–H groups in total. The average molecular weight is 334 g/mol. The summed E-state index contributed by atoms with van der Waals surface area (Å²) >= 11 is 0. The summed E-state index contributed by atoms with van der Waals surface area (Å²) in [4.78, 5) is 17.9. The maximum absolute atomic E-state index is 13.0. The molecule has 1 saturated carbocycles. The number of nitrogens with zero attached hydrogens (tertiary/aromatic N) is 1. The van der Waals surface area contributed by atoms with Gasteiger partial charge in [-0.2, -0.15) is 0 Å². The van der Waals surface area contributed by atoms with Gasteiger partial charge in [0.2, 0.25) is 0 Å². The van der Waals surface area contributed by atoms with Crippen LogP contribution in [0.3, 0.4) is 0 Å². The van der Waals surface area contributed by atoms with Gasteiger partial charge in [-0.1, -0.05) is 38.1 Å². The Kier molecular flexibility index (Phi) is 3.64. The van der Waals surface area contributed by atoms with E-state index in [-0.39, 0.29) is 28.9 Å². The highest BCUT2D eigenvalue weighted by atomic mass is 16.3. The summed E-state index contributed by atoms with van der Waals surface area (Å²) in [7, 11) is 0. The van der Waals surface area contributed by atoms with Crippen LogP contribution in [-0.2, 0) is 4.79 Å². The minimum Gasteiger partial charge on any atom is -0.508 e. The number of nitrogens with one attached hydrogen (secondary N) is 1. The van der Waals surface area contributed by atoms with E-state index in [0.29, 0.717) is 6.42 Å². The largest absolute Gasteiger partial charge is 0.508 e. The summed E-state index contributed by atoms with van der Waals surface area (Å²) < 4.78 is 0. The van der Waals surface area contributed by atoms with Gasteiger partial charge in [0.15, 0.2) is 0 Å². The van der Waals surface area contributed by atoms with E-state index in [4.69, 9.17) is 4.99 Å². The van der Waals surface area contributed by atoms with Crippen LogP contribution in [-0.4, -0.2) is 16.6 Å². The maximum atomic E-state index is 13.0. The lowest BCUT2D eigenvalue weighted by atomic mass is 9.68. The Morgan fingerprint density at radius 1 is 1.08 bits per heavy atom. The van der Waals surface area contributed by atoms with Crippen molar-refractivity contribution in [2.45, 2.75) is 32.7 Å². The van der Waals surface area contributed by atoms with E-state index in [0.717, 1.165) is 29.1 Å². The number of phenols is 1. The second-order valence-electron chi connectivity index (χ2n) is 7.80. The number of rotatable bonds is 1. The van der Waals surface area contributed by atoms with Crippen LogP contribution >= 0.6 is 0 Å². The molecule has 0 aromatic heterocycles. The van der Waals surface area contributed by atoms with E-state index in [2.05, 4.69) is 19.2 Å². The van der Waals surface area contributed by atoms with E-state index in [1.54, 1.807) is 12.1 Å². The molecule has 0 saturated heterocycles. The molecular weight excluding hydrogens is 312 g/mol. The van der Waals surface area contributed by atoms with E-state index in [9.17, 15) is 9.90 Å². The Morgan fingerprint density at radius 2 is 1.80 bits per heavy atom. The fraction of sp³-hybridized carbons (Fsp3) is 0.333. The van der Waals surface area contributed by atoms with Gasteiger partial charge in [0.1, 0.15) is 11.5 Å². The summed E-state index contributed by atoms with van der Waals surface area (Å²) in [6, 6.07) is 14.8. The van der Waals surface area contributed by atoms with Gasteiger partial charge in [-0.3, -0.25) is 9.79 Å². The monoisotopic (exact) mass is 334 g/mol. The molecule has 2 aromatic rings. The number of carbonyl (C=O) groups excluding carboxylic acids is 1. The van der Waals surface area contributed by atoms with E-state index in [1.165, 1.54) is 0 Å². The fourth-order valence-corrected chi connectivity index (χ4v) is 3.97. The maximum Gasteiger partial charge on any atom is 0.144 e. The molecule has 128 valence electrons. The van der Waals surface area contributed by atoms with E-state index >= 15 is 0 Å². The topological polar surface area (TPSA) is 61.7 Å². The third-order valence-corrected chi connectivity index (χ3v) is 5.08. The standard InChI is InChI=1S/C21H22N2O2/c1-21(2)11-17-19(18(25)12-21)20(13-7-9-14(24)10-8-13)23-16-6-4-3-5-15(16)22-17/h3-10,19-20,23-24H,11-12H2,1-2H3. The molecule has 2 unspecified atom stereocenters. The molecule has 25 heavy (non-hydrogen) atoms. The Hall–Kier alpha value is -2.62. The summed E-state index contributed by atoms with van der Waals surface area (Å²) in [6.07, 6.45) is 1.37. The number of hydrogen-bond donors (Lipinski definition) is 2. The molecule has 0 spiro atoms. The van der Waals surface area contributed by atoms with Crippen LogP contribution in [0.4, 0.5) is 11.4 Å². The summed E-state index contributed by atoms with van der Waals surface area (Å²) in [5.41, 5.74) is 3.70. The number of phenolic OH excluding ortho intramolecular Hbond substituents is 1. The smallest absolute Gasteiger partial charge is 0.144 e. The molecule has 2 atom stereocenters. The van der Waals surface area contributed by atoms with Crippen LogP contribution in [0, 0.1) is 11.3 Å². The number of ketones is 1. The van der Waals surface area contributed by atoms with Gasteiger partial charge in [-0.15, -0.1) is 0 Å². The number of carbonyl (C=O) groups is 1. The van der Waals surface area contributed by atoms with Crippen molar-refractivity contribution in [3.63, 3.8) is 0 Å². The quantitative estimate of drug-likeness (QED) is 0.799. The van der Waals surface area contributed by atoms with Crippen LogP contribution in [0.1, 0.15) is 38.3 Å². The molecule has 2 aliphatic rings. The average Bonchev–Trinajstić information content (AvgIpc) is 2.70. The molecule has 0 amide bonds. The van der Waals surface area contributed by atoms with Gasteiger partial charge in [0.25, 0.3) is 0 Å². The first kappa shape index (κ1) is 15.9. The van der Waals surface area contributed by atoms with Gasteiger partial charge in [0.05, 0.1) is 23.3 Å². The number of benzene rings is 2. The van der Waals surface area contributed by atoms with Gasteiger partial charge in [-0.25, -0.2) is 0 Å². The predicted octanol–water partition coefficient (Wildman–Crippen LogP) is 4.64. The molecular formula is C21H22N2O2. The van der Waals surface area contributed by atoms with Crippen molar-refractivity contribution in [1.82, 2.24) is 0 Å². The van der Waals surface area contributed by atoms with E-state index in [1.807, 2.05) is 36.4 Å². The Labute approximate surface area is 147 Å². The van der Waals surface area contributed by atoms with Crippen LogP contribution in [0.25, 0.3) is 0 Å². The number of anilines is 1. The molecule has 4 nitrogen and oxygen atoms in total. The molecule has 0 radical (unpaired) electrons. The van der Waals surface area contributed by atoms with Gasteiger partial charge in [0, 0.05) is 12.1 Å². The van der Waals surface area contributed by atoms with Crippen molar-refractivity contribution < 1.29 is 9.90 Å². The Bertz CT molecular complexity index is 852. The first-order chi connectivity index (χ1) is 11.9. The third kappa shape index (κ3) is 2.93. The van der Waals surface area contributed by atoms with Crippen molar-refractivity contribution in [1.29, 1.82) is 0 Å². The van der Waals surface area contributed by atoms with Crippen LogP contribution < -0.4 is 5.32 Å². The van der Waals surface area contributed by atoms with Crippen molar-refractivity contribution in [3.8, 4) is 5.75 Å². The van der Waals surface area contributed by atoms with Crippen molar-refractivity contribution in [2.75, 3.05) is 5.32 Å². The highest BCUT2D eigenvalue weighted by Crippen LogP contribution is 2.45. The minimum absolute atomic E-state index is 0.0643. The number of para-hydroxylation sites is 2. The summed E-state index contributed by atoms with van der Waals surface area (Å²) in [5, 5.41) is 13.1. The number of aliphatic imine (C=N–C) groups is 1. The molecule has 1 aliphatic carbocycles. The highest BCUT2D eigenvalue weighted by Gasteiger charge is 2.43. The lowest BCUT2D eigenvalue weighted by molar-refractivity contribution is -0.124. The molecule has 0 bridgehead atoms. The number of Topliss-reactive ketones (excluding diaryl/α,β-unsaturated/α-hetero) is 1. The van der Waals surface area contributed by atoms with Gasteiger partial charge >= 0.3 is 0 Å². The SMILES string of the molecule is CC1(C)CC(=O)C2C(=Nc3ccccc3NC2c2ccc(O)cc2)C1. The third-order valence-electron chi connectivity index (χ3n) is 5.08. The van der Waals surface area contributed by atoms with Crippen molar-refractivity contribution >= 4 is 22.9 Å². The van der Waals surface area contributed by atoms with Crippen LogP contribution in [0.15, 0.2) is 53.5 Å². The zero-order chi connectivity index (χ0) is 17.6. The van der Waals surface area contributed by atoms with Crippen LogP contribution in [0.5, 0.6) is 5.75 Å². The first-order valence-electron chi connectivity index (χ1n) is 8.68. The summed E-state index contributed by atoms with van der Waals surface area (Å²) in [6.45, 7) is 4.26. The highest BCUT2D eigenvalue weighted by molar-refractivity contribution is 6.10. The fourth-order valence-electron chi connectivity index (χ4n) is 3.97. The van der Waals surface area contributed by atoms with Gasteiger partial charge in [-0.05, 0) is 41.7 Å². The molecule has 4 rings (SSSR count). The van der Waals surface area contributed by atoms with Crippen molar-refractivity contribution in [2.24, 2.45) is 16.3 Å². The predicted molar refractivity (Wildman–Crippen MR) is 99.5 cm³/mol.